The second kappa shape index (κ2) is 4.49. The summed E-state index contributed by atoms with van der Waals surface area (Å²) >= 11 is 0.974. The molecule has 2 rings (SSSR count). The molecule has 1 aromatic carbocycles. The molecule has 0 unspecified atom stereocenters. The first-order valence-corrected chi connectivity index (χ1v) is 5.82. The van der Waals surface area contributed by atoms with Crippen molar-refractivity contribution in [1.82, 2.24) is 4.37 Å². The van der Waals surface area contributed by atoms with E-state index in [-0.39, 0.29) is 11.2 Å². The average molecular weight is 274 g/mol. The van der Waals surface area contributed by atoms with Crippen LogP contribution in [0.4, 0.5) is 23.9 Å². The van der Waals surface area contributed by atoms with Crippen molar-refractivity contribution in [2.45, 2.75) is 13.1 Å². The van der Waals surface area contributed by atoms with Crippen molar-refractivity contribution in [2.75, 3.05) is 5.32 Å². The molecule has 2 N–H and O–H groups in total. The van der Waals surface area contributed by atoms with E-state index in [0.717, 1.165) is 17.6 Å². The SMILES string of the molecule is Cc1c(Nc2ccccc2C(F)(F)F)s[nH]c1=O. The van der Waals surface area contributed by atoms with Crippen molar-refractivity contribution in [3.8, 4) is 0 Å². The highest BCUT2D eigenvalue weighted by atomic mass is 32.1. The molecule has 2 aromatic rings. The fourth-order valence-corrected chi connectivity index (χ4v) is 2.19. The molecule has 0 aliphatic carbocycles. The first-order chi connectivity index (χ1) is 8.39. The molecule has 0 aliphatic heterocycles. The van der Waals surface area contributed by atoms with Crippen LogP contribution < -0.4 is 10.9 Å². The predicted octanol–water partition coefficient (Wildman–Crippen LogP) is 3.51. The summed E-state index contributed by atoms with van der Waals surface area (Å²) in [6, 6.07) is 5.14. The fourth-order valence-electron chi connectivity index (χ4n) is 1.43. The molecule has 1 aromatic heterocycles. The summed E-state index contributed by atoms with van der Waals surface area (Å²) in [5.41, 5.74) is -0.752. The monoisotopic (exact) mass is 274 g/mol. The summed E-state index contributed by atoms with van der Waals surface area (Å²) in [7, 11) is 0. The Morgan fingerprint density at radius 2 is 1.94 bits per heavy atom. The number of halogens is 3. The number of para-hydroxylation sites is 1. The van der Waals surface area contributed by atoms with E-state index in [1.807, 2.05) is 0 Å². The molecule has 0 radical (unpaired) electrons. The first kappa shape index (κ1) is 12.7. The summed E-state index contributed by atoms with van der Waals surface area (Å²) in [5.74, 6) is 0. The van der Waals surface area contributed by atoms with Crippen molar-refractivity contribution in [3.05, 3.63) is 45.7 Å². The zero-order chi connectivity index (χ0) is 13.3. The van der Waals surface area contributed by atoms with Crippen LogP contribution in [-0.2, 0) is 6.18 Å². The molecule has 0 fully saturated rings. The van der Waals surface area contributed by atoms with Gasteiger partial charge in [0.15, 0.2) is 0 Å². The average Bonchev–Trinajstić information content (AvgIpc) is 2.60. The van der Waals surface area contributed by atoms with E-state index in [9.17, 15) is 18.0 Å². The van der Waals surface area contributed by atoms with Crippen LogP contribution in [0, 0.1) is 6.92 Å². The van der Waals surface area contributed by atoms with Gasteiger partial charge in [0.25, 0.3) is 5.56 Å². The maximum Gasteiger partial charge on any atom is 0.418 e. The minimum atomic E-state index is -4.43. The third-order valence-corrected chi connectivity index (χ3v) is 3.31. The molecule has 0 bridgehead atoms. The van der Waals surface area contributed by atoms with Gasteiger partial charge in [-0.2, -0.15) is 13.2 Å². The maximum atomic E-state index is 12.8. The van der Waals surface area contributed by atoms with E-state index in [1.54, 1.807) is 6.92 Å². The Kier molecular flexibility index (Phi) is 3.16. The van der Waals surface area contributed by atoms with Crippen LogP contribution in [0.3, 0.4) is 0 Å². The minimum Gasteiger partial charge on any atom is -0.345 e. The number of H-pyrrole nitrogens is 1. The molecule has 0 atom stereocenters. The number of aromatic amines is 1. The smallest absolute Gasteiger partial charge is 0.345 e. The molecule has 0 saturated heterocycles. The number of hydrogen-bond acceptors (Lipinski definition) is 3. The van der Waals surface area contributed by atoms with Crippen molar-refractivity contribution in [1.29, 1.82) is 0 Å². The van der Waals surface area contributed by atoms with Crippen LogP contribution in [0.5, 0.6) is 0 Å². The Hall–Kier alpha value is -1.76. The molecule has 0 aliphatic rings. The number of alkyl halides is 3. The molecule has 0 spiro atoms. The van der Waals surface area contributed by atoms with Crippen LogP contribution in [0.15, 0.2) is 29.1 Å². The summed E-state index contributed by atoms with van der Waals surface area (Å²) in [4.78, 5) is 11.2. The van der Waals surface area contributed by atoms with Crippen molar-refractivity contribution < 1.29 is 13.2 Å². The molecule has 3 nitrogen and oxygen atoms in total. The first-order valence-electron chi connectivity index (χ1n) is 5.01. The zero-order valence-corrected chi connectivity index (χ0v) is 10.1. The van der Waals surface area contributed by atoms with Gasteiger partial charge in [-0.15, -0.1) is 0 Å². The molecular formula is C11H9F3N2OS. The van der Waals surface area contributed by atoms with Gasteiger partial charge in [0.1, 0.15) is 5.00 Å². The molecule has 0 saturated carbocycles. The Morgan fingerprint density at radius 3 is 2.50 bits per heavy atom. The normalized spacial score (nSPS) is 11.6. The van der Waals surface area contributed by atoms with Gasteiger partial charge in [-0.1, -0.05) is 12.1 Å². The highest BCUT2D eigenvalue weighted by Crippen LogP contribution is 2.36. The lowest BCUT2D eigenvalue weighted by molar-refractivity contribution is -0.136. The fraction of sp³-hybridized carbons (Fsp3) is 0.182. The van der Waals surface area contributed by atoms with Gasteiger partial charge in [-0.25, -0.2) is 0 Å². The van der Waals surface area contributed by atoms with Crippen LogP contribution in [0.2, 0.25) is 0 Å². The summed E-state index contributed by atoms with van der Waals surface area (Å²) in [6.45, 7) is 1.55. The molecule has 96 valence electrons. The lowest BCUT2D eigenvalue weighted by atomic mass is 10.1. The van der Waals surface area contributed by atoms with Gasteiger partial charge in [0.2, 0.25) is 0 Å². The minimum absolute atomic E-state index is 0.0663. The van der Waals surface area contributed by atoms with E-state index in [4.69, 9.17) is 0 Å². The van der Waals surface area contributed by atoms with Crippen molar-refractivity contribution >= 4 is 22.2 Å². The highest BCUT2D eigenvalue weighted by molar-refractivity contribution is 7.10. The van der Waals surface area contributed by atoms with Gasteiger partial charge < -0.3 is 5.32 Å². The number of rotatable bonds is 2. The van der Waals surface area contributed by atoms with Gasteiger partial charge in [0, 0.05) is 0 Å². The van der Waals surface area contributed by atoms with Crippen LogP contribution in [0.25, 0.3) is 0 Å². The van der Waals surface area contributed by atoms with Crippen molar-refractivity contribution in [3.63, 3.8) is 0 Å². The van der Waals surface area contributed by atoms with E-state index in [2.05, 4.69) is 9.69 Å². The number of nitrogens with one attached hydrogen (secondary N) is 2. The molecular weight excluding hydrogens is 265 g/mol. The van der Waals surface area contributed by atoms with Crippen LogP contribution in [-0.4, -0.2) is 4.37 Å². The Balaban J connectivity index is 2.41. The third-order valence-electron chi connectivity index (χ3n) is 2.41. The van der Waals surface area contributed by atoms with E-state index in [1.165, 1.54) is 18.2 Å². The number of aromatic nitrogens is 1. The molecule has 7 heteroatoms. The maximum absolute atomic E-state index is 12.8. The van der Waals surface area contributed by atoms with Gasteiger partial charge >= 0.3 is 6.18 Å². The summed E-state index contributed by atoms with van der Waals surface area (Å²) in [5, 5.41) is 3.02. The highest BCUT2D eigenvalue weighted by Gasteiger charge is 2.33. The second-order valence-electron chi connectivity index (χ2n) is 3.66. The second-order valence-corrected chi connectivity index (χ2v) is 4.47. The summed E-state index contributed by atoms with van der Waals surface area (Å²) < 4.78 is 40.7. The largest absolute Gasteiger partial charge is 0.418 e. The van der Waals surface area contributed by atoms with E-state index >= 15 is 0 Å². The Morgan fingerprint density at radius 1 is 1.28 bits per heavy atom. The topological polar surface area (TPSA) is 44.9 Å². The molecule has 0 amide bonds. The van der Waals surface area contributed by atoms with Gasteiger partial charge in [-0.05, 0) is 30.6 Å². The van der Waals surface area contributed by atoms with Crippen molar-refractivity contribution in [2.24, 2.45) is 0 Å². The lowest BCUT2D eigenvalue weighted by Gasteiger charge is -2.13. The zero-order valence-electron chi connectivity index (χ0n) is 9.26. The Bertz CT molecular complexity index is 615. The number of anilines is 2. The summed E-state index contributed by atoms with van der Waals surface area (Å²) in [6.07, 6.45) is -4.43. The third kappa shape index (κ3) is 2.40. The Labute approximate surface area is 104 Å². The number of benzene rings is 1. The molecule has 18 heavy (non-hydrogen) atoms. The van der Waals surface area contributed by atoms with Gasteiger partial charge in [-0.3, -0.25) is 9.17 Å². The number of hydrogen-bond donors (Lipinski definition) is 2. The van der Waals surface area contributed by atoms with Crippen LogP contribution in [0.1, 0.15) is 11.1 Å². The standard InChI is InChI=1S/C11H9F3N2OS/c1-6-9(17)16-18-10(6)15-8-5-3-2-4-7(8)11(12,13)14/h2-5,15H,1H3,(H,16,17). The van der Waals surface area contributed by atoms with E-state index in [0.29, 0.717) is 10.6 Å². The van der Waals surface area contributed by atoms with Crippen LogP contribution >= 0.6 is 11.5 Å². The molecule has 1 heterocycles. The predicted molar refractivity (Wildman–Crippen MR) is 64.4 cm³/mol. The van der Waals surface area contributed by atoms with Gasteiger partial charge in [0.05, 0.1) is 16.8 Å². The van der Waals surface area contributed by atoms with E-state index < -0.39 is 11.7 Å². The quantitative estimate of drug-likeness (QED) is 0.880. The lowest BCUT2D eigenvalue weighted by Crippen LogP contribution is -2.09.